The Morgan fingerprint density at radius 3 is 1.97 bits per heavy atom. The van der Waals surface area contributed by atoms with Crippen LogP contribution in [0.15, 0.2) is 48.5 Å². The molecule has 0 fully saturated rings. The summed E-state index contributed by atoms with van der Waals surface area (Å²) < 4.78 is 10.2. The van der Waals surface area contributed by atoms with Crippen molar-refractivity contribution in [1.29, 1.82) is 0 Å². The molecule has 1 atom stereocenters. The highest BCUT2D eigenvalue weighted by atomic mass is 16.6. The first kappa shape index (κ1) is 24.6. The van der Waals surface area contributed by atoms with Crippen LogP contribution in [0.4, 0.5) is 5.69 Å². The van der Waals surface area contributed by atoms with Crippen molar-refractivity contribution in [3.63, 3.8) is 0 Å². The zero-order chi connectivity index (χ0) is 23.9. The molecule has 0 bridgehead atoms. The van der Waals surface area contributed by atoms with Gasteiger partial charge in [0, 0.05) is 24.6 Å². The Bertz CT molecular complexity index is 975. The van der Waals surface area contributed by atoms with Crippen molar-refractivity contribution in [1.82, 2.24) is 5.32 Å². The summed E-state index contributed by atoms with van der Waals surface area (Å²) >= 11 is 0. The molecule has 2 N–H and O–H groups in total. The van der Waals surface area contributed by atoms with Crippen LogP contribution in [0.2, 0.25) is 0 Å². The lowest BCUT2D eigenvalue weighted by molar-refractivity contribution is -0.142. The molecule has 32 heavy (non-hydrogen) atoms. The Morgan fingerprint density at radius 2 is 1.47 bits per heavy atom. The Balaban J connectivity index is 2.08. The van der Waals surface area contributed by atoms with Gasteiger partial charge in [-0.3, -0.25) is 9.59 Å². The summed E-state index contributed by atoms with van der Waals surface area (Å²) in [5, 5.41) is 5.29. The summed E-state index contributed by atoms with van der Waals surface area (Å²) in [4.78, 5) is 48.1. The van der Waals surface area contributed by atoms with Gasteiger partial charge in [-0.05, 0) is 62.7 Å². The molecule has 0 unspecified atom stereocenters. The number of methoxy groups -OCH3 is 1. The van der Waals surface area contributed by atoms with Crippen LogP contribution in [-0.2, 0) is 25.5 Å². The fourth-order valence-electron chi connectivity index (χ4n) is 2.83. The SMILES string of the molecule is COC(=O)[C@@H](Cc1ccc(C(=O)OC(C)(C)C)cc1)NC(=O)c1ccc(NC(C)=O)cc1. The Hall–Kier alpha value is -3.68. The zero-order valence-corrected chi connectivity index (χ0v) is 18.9. The number of benzene rings is 2. The molecule has 0 saturated heterocycles. The predicted molar refractivity (Wildman–Crippen MR) is 119 cm³/mol. The summed E-state index contributed by atoms with van der Waals surface area (Å²) in [6.45, 7) is 6.75. The molecule has 2 aromatic carbocycles. The third kappa shape index (κ3) is 7.54. The standard InChI is InChI=1S/C24H28N2O6/c1-15(27)25-19-12-10-17(11-13-19)21(28)26-20(23(30)31-5)14-16-6-8-18(9-7-16)22(29)32-24(2,3)4/h6-13,20H,14H2,1-5H3,(H,25,27)(H,26,28)/t20-/m1/s1. The first-order valence-electron chi connectivity index (χ1n) is 10.1. The maximum Gasteiger partial charge on any atom is 0.338 e. The molecule has 2 rings (SSSR count). The van der Waals surface area contributed by atoms with Gasteiger partial charge in [-0.1, -0.05) is 12.1 Å². The second-order valence-electron chi connectivity index (χ2n) is 8.21. The van der Waals surface area contributed by atoms with Crippen molar-refractivity contribution in [2.75, 3.05) is 12.4 Å². The minimum atomic E-state index is -0.921. The van der Waals surface area contributed by atoms with Crippen molar-refractivity contribution < 1.29 is 28.7 Å². The van der Waals surface area contributed by atoms with E-state index in [1.165, 1.54) is 14.0 Å². The average molecular weight is 440 g/mol. The number of amides is 2. The number of hydrogen-bond donors (Lipinski definition) is 2. The molecular weight excluding hydrogens is 412 g/mol. The highest BCUT2D eigenvalue weighted by Crippen LogP contribution is 2.15. The van der Waals surface area contributed by atoms with Gasteiger partial charge >= 0.3 is 11.9 Å². The van der Waals surface area contributed by atoms with E-state index < -0.39 is 29.5 Å². The molecule has 0 heterocycles. The van der Waals surface area contributed by atoms with Crippen LogP contribution in [0, 0.1) is 0 Å². The van der Waals surface area contributed by atoms with E-state index >= 15 is 0 Å². The van der Waals surface area contributed by atoms with Gasteiger partial charge in [0.15, 0.2) is 0 Å². The number of carbonyl (C=O) groups excluding carboxylic acids is 4. The van der Waals surface area contributed by atoms with E-state index in [4.69, 9.17) is 9.47 Å². The number of anilines is 1. The first-order chi connectivity index (χ1) is 15.0. The maximum absolute atomic E-state index is 12.6. The van der Waals surface area contributed by atoms with Crippen molar-refractivity contribution in [3.8, 4) is 0 Å². The minimum absolute atomic E-state index is 0.178. The molecule has 0 saturated carbocycles. The Kier molecular flexibility index (Phi) is 8.12. The molecule has 0 aromatic heterocycles. The molecule has 0 aliphatic carbocycles. The van der Waals surface area contributed by atoms with Crippen molar-refractivity contribution >= 4 is 29.4 Å². The van der Waals surface area contributed by atoms with Gasteiger partial charge in [-0.15, -0.1) is 0 Å². The van der Waals surface area contributed by atoms with E-state index in [1.807, 2.05) is 0 Å². The van der Waals surface area contributed by atoms with Crippen molar-refractivity contribution in [3.05, 3.63) is 65.2 Å². The fraction of sp³-hybridized carbons (Fsp3) is 0.333. The average Bonchev–Trinajstić information content (AvgIpc) is 2.72. The molecular formula is C24H28N2O6. The molecule has 0 radical (unpaired) electrons. The van der Waals surface area contributed by atoms with Crippen LogP contribution >= 0.6 is 0 Å². The van der Waals surface area contributed by atoms with E-state index in [0.29, 0.717) is 16.8 Å². The van der Waals surface area contributed by atoms with E-state index in [2.05, 4.69) is 10.6 Å². The summed E-state index contributed by atoms with van der Waals surface area (Å²) in [7, 11) is 1.25. The van der Waals surface area contributed by atoms with Crippen LogP contribution in [0.1, 0.15) is 54.0 Å². The lowest BCUT2D eigenvalue weighted by Gasteiger charge is -2.20. The van der Waals surface area contributed by atoms with Gasteiger partial charge in [0.05, 0.1) is 12.7 Å². The lowest BCUT2D eigenvalue weighted by atomic mass is 10.0. The number of carbonyl (C=O) groups is 4. The molecule has 170 valence electrons. The maximum atomic E-state index is 12.6. The van der Waals surface area contributed by atoms with Crippen LogP contribution in [0.25, 0.3) is 0 Å². The minimum Gasteiger partial charge on any atom is -0.467 e. The normalized spacial score (nSPS) is 11.8. The topological polar surface area (TPSA) is 111 Å². The van der Waals surface area contributed by atoms with Gasteiger partial charge in [-0.2, -0.15) is 0 Å². The number of ether oxygens (including phenoxy) is 2. The van der Waals surface area contributed by atoms with E-state index in [1.54, 1.807) is 69.3 Å². The lowest BCUT2D eigenvalue weighted by Crippen LogP contribution is -2.43. The van der Waals surface area contributed by atoms with E-state index in [9.17, 15) is 19.2 Å². The smallest absolute Gasteiger partial charge is 0.338 e. The predicted octanol–water partition coefficient (Wildman–Crippen LogP) is 3.11. The molecule has 8 nitrogen and oxygen atoms in total. The van der Waals surface area contributed by atoms with Crippen LogP contribution in [-0.4, -0.2) is 42.5 Å². The number of esters is 2. The van der Waals surface area contributed by atoms with Gasteiger partial charge in [0.25, 0.3) is 5.91 Å². The first-order valence-corrected chi connectivity index (χ1v) is 10.1. The molecule has 2 amide bonds. The Morgan fingerprint density at radius 1 is 0.906 bits per heavy atom. The summed E-state index contributed by atoms with van der Waals surface area (Å²) in [5.41, 5.74) is 1.41. The molecule has 8 heteroatoms. The quantitative estimate of drug-likeness (QED) is 0.640. The van der Waals surface area contributed by atoms with Crippen LogP contribution in [0.5, 0.6) is 0 Å². The second kappa shape index (κ2) is 10.6. The Labute approximate surface area is 187 Å². The van der Waals surface area contributed by atoms with Crippen LogP contribution < -0.4 is 10.6 Å². The third-order valence-electron chi connectivity index (χ3n) is 4.29. The molecule has 2 aromatic rings. The summed E-state index contributed by atoms with van der Waals surface area (Å²) in [6.07, 6.45) is 0.178. The molecule has 0 aliphatic rings. The monoisotopic (exact) mass is 440 g/mol. The highest BCUT2D eigenvalue weighted by molar-refractivity contribution is 5.97. The highest BCUT2D eigenvalue weighted by Gasteiger charge is 2.23. The largest absolute Gasteiger partial charge is 0.467 e. The molecule has 0 aliphatic heterocycles. The van der Waals surface area contributed by atoms with Gasteiger partial charge in [0.2, 0.25) is 5.91 Å². The summed E-state index contributed by atoms with van der Waals surface area (Å²) in [6, 6.07) is 12.0. The fourth-order valence-corrected chi connectivity index (χ4v) is 2.83. The van der Waals surface area contributed by atoms with Gasteiger partial charge in [0.1, 0.15) is 11.6 Å². The third-order valence-corrected chi connectivity index (χ3v) is 4.29. The zero-order valence-electron chi connectivity index (χ0n) is 18.9. The van der Waals surface area contributed by atoms with Crippen LogP contribution in [0.3, 0.4) is 0 Å². The van der Waals surface area contributed by atoms with E-state index in [0.717, 1.165) is 5.56 Å². The van der Waals surface area contributed by atoms with Gasteiger partial charge in [-0.25, -0.2) is 9.59 Å². The number of nitrogens with one attached hydrogen (secondary N) is 2. The summed E-state index contributed by atoms with van der Waals surface area (Å²) in [5.74, 6) is -1.71. The number of hydrogen-bond acceptors (Lipinski definition) is 6. The van der Waals surface area contributed by atoms with E-state index in [-0.39, 0.29) is 12.3 Å². The molecule has 0 spiro atoms. The van der Waals surface area contributed by atoms with Crippen molar-refractivity contribution in [2.45, 2.75) is 45.8 Å². The second-order valence-corrected chi connectivity index (χ2v) is 8.21. The number of rotatable bonds is 7. The van der Waals surface area contributed by atoms with Gasteiger partial charge < -0.3 is 20.1 Å². The van der Waals surface area contributed by atoms with Crippen molar-refractivity contribution in [2.24, 2.45) is 0 Å².